The summed E-state index contributed by atoms with van der Waals surface area (Å²) < 4.78 is 0. The molecule has 0 aliphatic heterocycles. The third-order valence-corrected chi connectivity index (χ3v) is 1.75. The Kier molecular flexibility index (Phi) is 2.91. The van der Waals surface area contributed by atoms with Gasteiger partial charge < -0.3 is 10.3 Å². The van der Waals surface area contributed by atoms with E-state index in [1.165, 1.54) is 5.70 Å². The first-order valence-electron chi connectivity index (χ1n) is 4.07. The average molecular weight is 165 g/mol. The van der Waals surface area contributed by atoms with Gasteiger partial charge in [0.1, 0.15) is 5.82 Å². The van der Waals surface area contributed by atoms with Gasteiger partial charge in [-0.1, -0.05) is 6.08 Å². The highest BCUT2D eigenvalue weighted by molar-refractivity contribution is 5.05. The minimum absolute atomic E-state index is 0.862. The lowest BCUT2D eigenvalue weighted by molar-refractivity contribution is 0.952. The molecule has 0 aliphatic rings. The molecule has 1 rings (SSSR count). The zero-order valence-corrected chi connectivity index (χ0v) is 7.81. The van der Waals surface area contributed by atoms with Crippen LogP contribution in [0.2, 0.25) is 0 Å². The van der Waals surface area contributed by atoms with Crippen LogP contribution in [0.1, 0.15) is 18.4 Å². The molecule has 0 aromatic carbocycles. The van der Waals surface area contributed by atoms with Crippen molar-refractivity contribution in [1.29, 1.82) is 0 Å². The van der Waals surface area contributed by atoms with Crippen LogP contribution in [-0.2, 0) is 6.42 Å². The van der Waals surface area contributed by atoms with Crippen LogP contribution in [0, 0.1) is 6.92 Å². The number of aryl methyl sites for hydroxylation is 1. The summed E-state index contributed by atoms with van der Waals surface area (Å²) in [5.74, 6) is 1.02. The fourth-order valence-corrected chi connectivity index (χ4v) is 0.922. The van der Waals surface area contributed by atoms with Gasteiger partial charge in [0.2, 0.25) is 0 Å². The summed E-state index contributed by atoms with van der Waals surface area (Å²) in [6.07, 6.45) is 4.82. The summed E-state index contributed by atoms with van der Waals surface area (Å²) >= 11 is 0. The molecule has 0 fully saturated rings. The number of aromatic nitrogens is 2. The molecular formula is C9H15N3. The fraction of sp³-hybridized carbons (Fsp3) is 0.444. The van der Waals surface area contributed by atoms with E-state index in [0.29, 0.717) is 0 Å². The highest BCUT2D eigenvalue weighted by atomic mass is 14.9. The monoisotopic (exact) mass is 165 g/mol. The van der Waals surface area contributed by atoms with E-state index in [1.807, 2.05) is 27.1 Å². The van der Waals surface area contributed by atoms with Crippen molar-refractivity contribution >= 4 is 0 Å². The molecule has 0 atom stereocenters. The molecule has 0 amide bonds. The summed E-state index contributed by atoms with van der Waals surface area (Å²) in [5.41, 5.74) is 2.28. The molecule has 1 heterocycles. The van der Waals surface area contributed by atoms with E-state index >= 15 is 0 Å². The van der Waals surface area contributed by atoms with Crippen LogP contribution in [0.4, 0.5) is 0 Å². The number of rotatable bonds is 3. The van der Waals surface area contributed by atoms with Gasteiger partial charge >= 0.3 is 0 Å². The normalized spacial score (nSPS) is 11.8. The van der Waals surface area contributed by atoms with Gasteiger partial charge in [0.25, 0.3) is 0 Å². The van der Waals surface area contributed by atoms with E-state index in [1.54, 1.807) is 0 Å². The van der Waals surface area contributed by atoms with E-state index in [-0.39, 0.29) is 0 Å². The highest BCUT2D eigenvalue weighted by Crippen LogP contribution is 1.97. The number of hydrogen-bond acceptors (Lipinski definition) is 2. The van der Waals surface area contributed by atoms with Crippen LogP contribution in [0.25, 0.3) is 0 Å². The van der Waals surface area contributed by atoms with E-state index in [0.717, 1.165) is 17.9 Å². The summed E-state index contributed by atoms with van der Waals surface area (Å²) in [4.78, 5) is 7.37. The molecule has 1 aromatic rings. The second-order valence-electron chi connectivity index (χ2n) is 2.85. The Hall–Kier alpha value is -1.25. The largest absolute Gasteiger partial charge is 0.392 e. The maximum Gasteiger partial charge on any atom is 0.110 e. The third kappa shape index (κ3) is 2.42. The van der Waals surface area contributed by atoms with Gasteiger partial charge in [-0.15, -0.1) is 0 Å². The number of imidazole rings is 1. The van der Waals surface area contributed by atoms with E-state index < -0.39 is 0 Å². The molecule has 3 heteroatoms. The van der Waals surface area contributed by atoms with Crippen LogP contribution in [0.3, 0.4) is 0 Å². The summed E-state index contributed by atoms with van der Waals surface area (Å²) in [6.45, 7) is 4.04. The van der Waals surface area contributed by atoms with Gasteiger partial charge in [0, 0.05) is 31.1 Å². The molecule has 0 bridgehead atoms. The quantitative estimate of drug-likeness (QED) is 0.710. The lowest BCUT2D eigenvalue weighted by Gasteiger charge is -1.96. The molecule has 66 valence electrons. The molecule has 12 heavy (non-hydrogen) atoms. The van der Waals surface area contributed by atoms with Crippen molar-refractivity contribution in [2.24, 2.45) is 0 Å². The van der Waals surface area contributed by atoms with Gasteiger partial charge in [-0.3, -0.25) is 0 Å². The fourth-order valence-electron chi connectivity index (χ4n) is 0.922. The van der Waals surface area contributed by atoms with Crippen molar-refractivity contribution in [2.45, 2.75) is 20.3 Å². The number of allylic oxidation sites excluding steroid dienone is 2. The lowest BCUT2D eigenvalue weighted by Crippen LogP contribution is -2.02. The summed E-state index contributed by atoms with van der Waals surface area (Å²) in [7, 11) is 1.92. The van der Waals surface area contributed by atoms with Crippen molar-refractivity contribution in [2.75, 3.05) is 7.05 Å². The zero-order valence-electron chi connectivity index (χ0n) is 7.81. The van der Waals surface area contributed by atoms with E-state index in [4.69, 9.17) is 0 Å². The average Bonchev–Trinajstić information content (AvgIpc) is 2.47. The number of nitrogens with zero attached hydrogens (tertiary/aromatic N) is 1. The van der Waals surface area contributed by atoms with Crippen LogP contribution in [0.15, 0.2) is 18.0 Å². The Morgan fingerprint density at radius 3 is 3.00 bits per heavy atom. The first-order valence-corrected chi connectivity index (χ1v) is 4.07. The Balaban J connectivity index is 2.53. The van der Waals surface area contributed by atoms with Crippen LogP contribution < -0.4 is 5.32 Å². The molecule has 0 unspecified atom stereocenters. The second-order valence-corrected chi connectivity index (χ2v) is 2.85. The maximum absolute atomic E-state index is 4.19. The Bertz CT molecular complexity index is 273. The number of aromatic amines is 1. The molecular weight excluding hydrogens is 150 g/mol. The predicted octanol–water partition coefficient (Wildman–Crippen LogP) is 1.38. The van der Waals surface area contributed by atoms with Gasteiger partial charge in [-0.05, 0) is 13.8 Å². The lowest BCUT2D eigenvalue weighted by atomic mass is 10.3. The van der Waals surface area contributed by atoms with Crippen molar-refractivity contribution in [3.05, 3.63) is 29.5 Å². The zero-order chi connectivity index (χ0) is 8.97. The number of nitrogens with one attached hydrogen (secondary N) is 2. The SMILES string of the molecule is CN/C(C)=C\Cc1ncc(C)[nH]1. The van der Waals surface area contributed by atoms with Gasteiger partial charge in [0.15, 0.2) is 0 Å². The first-order chi connectivity index (χ1) is 5.72. The number of H-pyrrole nitrogens is 1. The van der Waals surface area contributed by atoms with Gasteiger partial charge in [0.05, 0.1) is 0 Å². The first kappa shape index (κ1) is 8.84. The topological polar surface area (TPSA) is 40.7 Å². The molecule has 0 saturated carbocycles. The van der Waals surface area contributed by atoms with Crippen molar-refractivity contribution in [1.82, 2.24) is 15.3 Å². The minimum atomic E-state index is 0.862. The number of hydrogen-bond donors (Lipinski definition) is 2. The predicted molar refractivity (Wildman–Crippen MR) is 49.8 cm³/mol. The van der Waals surface area contributed by atoms with Gasteiger partial charge in [-0.2, -0.15) is 0 Å². The van der Waals surface area contributed by atoms with Crippen molar-refractivity contribution < 1.29 is 0 Å². The molecule has 3 nitrogen and oxygen atoms in total. The minimum Gasteiger partial charge on any atom is -0.392 e. The summed E-state index contributed by atoms with van der Waals surface area (Å²) in [5, 5.41) is 3.06. The molecule has 0 radical (unpaired) electrons. The highest BCUT2D eigenvalue weighted by Gasteiger charge is 1.93. The standard InChI is InChI=1S/C9H15N3/c1-7(10-3)4-5-9-11-6-8(2)12-9/h4,6,10H,5H2,1-3H3,(H,11,12)/b7-4-. The molecule has 0 spiro atoms. The maximum atomic E-state index is 4.19. The molecule has 1 aromatic heterocycles. The molecule has 0 aliphatic carbocycles. The van der Waals surface area contributed by atoms with Crippen LogP contribution in [-0.4, -0.2) is 17.0 Å². The van der Waals surface area contributed by atoms with Crippen molar-refractivity contribution in [3.8, 4) is 0 Å². The second kappa shape index (κ2) is 3.95. The van der Waals surface area contributed by atoms with E-state index in [9.17, 15) is 0 Å². The van der Waals surface area contributed by atoms with Crippen LogP contribution in [0.5, 0.6) is 0 Å². The molecule has 2 N–H and O–H groups in total. The van der Waals surface area contributed by atoms with Crippen LogP contribution >= 0.6 is 0 Å². The Morgan fingerprint density at radius 1 is 1.75 bits per heavy atom. The Labute approximate surface area is 72.9 Å². The molecule has 0 saturated heterocycles. The third-order valence-electron chi connectivity index (χ3n) is 1.75. The smallest absolute Gasteiger partial charge is 0.110 e. The Morgan fingerprint density at radius 2 is 2.50 bits per heavy atom. The van der Waals surface area contributed by atoms with E-state index in [2.05, 4.69) is 21.4 Å². The van der Waals surface area contributed by atoms with Gasteiger partial charge in [-0.25, -0.2) is 4.98 Å². The summed E-state index contributed by atoms with van der Waals surface area (Å²) in [6, 6.07) is 0. The van der Waals surface area contributed by atoms with Crippen molar-refractivity contribution in [3.63, 3.8) is 0 Å².